The molecule has 1 aliphatic rings. The van der Waals surface area contributed by atoms with E-state index >= 15 is 0 Å². The van der Waals surface area contributed by atoms with Gasteiger partial charge >= 0.3 is 0 Å². The van der Waals surface area contributed by atoms with Crippen molar-refractivity contribution >= 4 is 11.6 Å². The van der Waals surface area contributed by atoms with Gasteiger partial charge in [-0.2, -0.15) is 0 Å². The lowest BCUT2D eigenvalue weighted by Crippen LogP contribution is -2.24. The number of aryl methyl sites for hydroxylation is 2. The van der Waals surface area contributed by atoms with Crippen LogP contribution >= 0.6 is 0 Å². The topological polar surface area (TPSA) is 59.3 Å². The van der Waals surface area contributed by atoms with E-state index in [0.29, 0.717) is 6.54 Å². The molecule has 1 aromatic carbocycles. The average Bonchev–Trinajstić information content (AvgIpc) is 3.02. The Morgan fingerprint density at radius 2 is 1.96 bits per heavy atom. The van der Waals surface area contributed by atoms with Gasteiger partial charge in [0.25, 0.3) is 5.91 Å². The molecule has 5 heteroatoms. The maximum atomic E-state index is 12.4. The molecular formula is C18H18N4O. The van der Waals surface area contributed by atoms with E-state index in [1.165, 1.54) is 24.0 Å². The molecule has 1 aliphatic carbocycles. The standard InChI is InChI=1S/C18H18N4O/c23-18(15-9-8-13-5-1-2-6-14(13)11-15)19-12-17-21-20-16-7-3-4-10-22(16)17/h3-4,7-11H,1-2,5-6,12H2,(H,19,23). The van der Waals surface area contributed by atoms with Gasteiger partial charge in [-0.25, -0.2) is 0 Å². The van der Waals surface area contributed by atoms with Crippen molar-refractivity contribution < 1.29 is 4.79 Å². The van der Waals surface area contributed by atoms with Crippen molar-refractivity contribution in [1.82, 2.24) is 19.9 Å². The van der Waals surface area contributed by atoms with E-state index in [1.54, 1.807) is 0 Å². The predicted molar refractivity (Wildman–Crippen MR) is 87.2 cm³/mol. The van der Waals surface area contributed by atoms with E-state index in [0.717, 1.165) is 29.9 Å². The molecule has 0 fully saturated rings. The lowest BCUT2D eigenvalue weighted by Gasteiger charge is -2.16. The zero-order valence-electron chi connectivity index (χ0n) is 12.8. The van der Waals surface area contributed by atoms with E-state index in [9.17, 15) is 4.79 Å². The molecule has 2 aromatic heterocycles. The molecule has 4 rings (SSSR count). The van der Waals surface area contributed by atoms with E-state index in [1.807, 2.05) is 40.9 Å². The van der Waals surface area contributed by atoms with E-state index in [2.05, 4.69) is 21.6 Å². The van der Waals surface area contributed by atoms with Crippen molar-refractivity contribution in [3.63, 3.8) is 0 Å². The third-order valence-corrected chi connectivity index (χ3v) is 4.40. The number of nitrogens with zero attached hydrogens (tertiary/aromatic N) is 3. The van der Waals surface area contributed by atoms with Gasteiger partial charge in [0.15, 0.2) is 11.5 Å². The fourth-order valence-electron chi connectivity index (χ4n) is 3.15. The maximum absolute atomic E-state index is 12.4. The molecule has 2 heterocycles. The number of aromatic nitrogens is 3. The number of carbonyl (C=O) groups is 1. The summed E-state index contributed by atoms with van der Waals surface area (Å²) in [5.41, 5.74) is 4.21. The first-order valence-corrected chi connectivity index (χ1v) is 8.00. The number of carbonyl (C=O) groups excluding carboxylic acids is 1. The Balaban J connectivity index is 1.50. The molecule has 1 amide bonds. The molecule has 0 saturated heterocycles. The van der Waals surface area contributed by atoms with E-state index in [-0.39, 0.29) is 5.91 Å². The third-order valence-electron chi connectivity index (χ3n) is 4.40. The van der Waals surface area contributed by atoms with Crippen LogP contribution in [0.1, 0.15) is 40.2 Å². The van der Waals surface area contributed by atoms with Crippen LogP contribution < -0.4 is 5.32 Å². The Morgan fingerprint density at radius 3 is 2.87 bits per heavy atom. The van der Waals surface area contributed by atoms with Gasteiger partial charge in [0, 0.05) is 11.8 Å². The minimum atomic E-state index is -0.0638. The summed E-state index contributed by atoms with van der Waals surface area (Å²) in [7, 11) is 0. The van der Waals surface area contributed by atoms with Crippen LogP contribution in [0.25, 0.3) is 5.65 Å². The fraction of sp³-hybridized carbons (Fsp3) is 0.278. The predicted octanol–water partition coefficient (Wildman–Crippen LogP) is 2.54. The molecule has 0 radical (unpaired) electrons. The summed E-state index contributed by atoms with van der Waals surface area (Å²) in [5, 5.41) is 11.2. The third kappa shape index (κ3) is 2.70. The van der Waals surface area contributed by atoms with Crippen molar-refractivity contribution in [3.05, 3.63) is 65.1 Å². The summed E-state index contributed by atoms with van der Waals surface area (Å²) in [6.45, 7) is 0.362. The van der Waals surface area contributed by atoms with Crippen molar-refractivity contribution in [1.29, 1.82) is 0 Å². The van der Waals surface area contributed by atoms with Gasteiger partial charge in [-0.05, 0) is 61.1 Å². The van der Waals surface area contributed by atoms with Gasteiger partial charge in [-0.15, -0.1) is 10.2 Å². The van der Waals surface area contributed by atoms with Crippen LogP contribution in [0.4, 0.5) is 0 Å². The molecule has 0 atom stereocenters. The molecule has 1 N–H and O–H groups in total. The normalized spacial score (nSPS) is 13.7. The molecule has 116 valence electrons. The quantitative estimate of drug-likeness (QED) is 0.809. The second-order valence-corrected chi connectivity index (χ2v) is 5.92. The number of hydrogen-bond acceptors (Lipinski definition) is 3. The lowest BCUT2D eigenvalue weighted by atomic mass is 9.90. The highest BCUT2D eigenvalue weighted by molar-refractivity contribution is 5.94. The van der Waals surface area contributed by atoms with Crippen LogP contribution in [0.5, 0.6) is 0 Å². The molecule has 23 heavy (non-hydrogen) atoms. The van der Waals surface area contributed by atoms with Gasteiger partial charge in [-0.1, -0.05) is 12.1 Å². The maximum Gasteiger partial charge on any atom is 0.251 e. The fourth-order valence-corrected chi connectivity index (χ4v) is 3.15. The summed E-state index contributed by atoms with van der Waals surface area (Å²) in [4.78, 5) is 12.4. The monoisotopic (exact) mass is 306 g/mol. The van der Waals surface area contributed by atoms with E-state index in [4.69, 9.17) is 0 Å². The lowest BCUT2D eigenvalue weighted by molar-refractivity contribution is 0.0949. The molecular weight excluding hydrogens is 288 g/mol. The van der Waals surface area contributed by atoms with Gasteiger partial charge in [0.1, 0.15) is 0 Å². The Kier molecular flexibility index (Phi) is 3.54. The molecule has 0 bridgehead atoms. The number of rotatable bonds is 3. The second-order valence-electron chi connectivity index (χ2n) is 5.92. The number of pyridine rings is 1. The summed E-state index contributed by atoms with van der Waals surface area (Å²) < 4.78 is 1.88. The number of nitrogens with one attached hydrogen (secondary N) is 1. The number of benzene rings is 1. The van der Waals surface area contributed by atoms with Crippen molar-refractivity contribution in [2.75, 3.05) is 0 Å². The highest BCUT2D eigenvalue weighted by Crippen LogP contribution is 2.22. The van der Waals surface area contributed by atoms with Crippen LogP contribution in [-0.2, 0) is 19.4 Å². The van der Waals surface area contributed by atoms with Crippen LogP contribution in [0, 0.1) is 0 Å². The Labute approximate surface area is 134 Å². The second kappa shape index (κ2) is 5.83. The first-order chi connectivity index (χ1) is 11.3. The minimum absolute atomic E-state index is 0.0638. The molecule has 0 unspecified atom stereocenters. The molecule has 5 nitrogen and oxygen atoms in total. The Bertz CT molecular complexity index is 868. The van der Waals surface area contributed by atoms with Crippen molar-refractivity contribution in [3.8, 4) is 0 Å². The first kappa shape index (κ1) is 13.9. The molecule has 3 aromatic rings. The smallest absolute Gasteiger partial charge is 0.251 e. The summed E-state index contributed by atoms with van der Waals surface area (Å²) in [6, 6.07) is 11.8. The van der Waals surface area contributed by atoms with Crippen LogP contribution in [0.2, 0.25) is 0 Å². The van der Waals surface area contributed by atoms with Crippen LogP contribution in [-0.4, -0.2) is 20.5 Å². The molecule has 0 saturated carbocycles. The van der Waals surface area contributed by atoms with Crippen molar-refractivity contribution in [2.24, 2.45) is 0 Å². The molecule has 0 aliphatic heterocycles. The Morgan fingerprint density at radius 1 is 1.09 bits per heavy atom. The summed E-state index contributed by atoms with van der Waals surface area (Å²) in [6.07, 6.45) is 6.56. The largest absolute Gasteiger partial charge is 0.345 e. The number of fused-ring (bicyclic) bond motifs is 2. The van der Waals surface area contributed by atoms with Gasteiger partial charge < -0.3 is 5.32 Å². The van der Waals surface area contributed by atoms with E-state index < -0.39 is 0 Å². The Hall–Kier alpha value is -2.69. The summed E-state index contributed by atoms with van der Waals surface area (Å²) in [5.74, 6) is 0.665. The SMILES string of the molecule is O=C(NCc1nnc2ccccn12)c1ccc2c(c1)CCCC2. The first-order valence-electron chi connectivity index (χ1n) is 8.00. The van der Waals surface area contributed by atoms with Crippen LogP contribution in [0.15, 0.2) is 42.6 Å². The number of amides is 1. The van der Waals surface area contributed by atoms with Gasteiger partial charge in [-0.3, -0.25) is 9.20 Å². The summed E-state index contributed by atoms with van der Waals surface area (Å²) >= 11 is 0. The highest BCUT2D eigenvalue weighted by Gasteiger charge is 2.13. The van der Waals surface area contributed by atoms with Gasteiger partial charge in [0.05, 0.1) is 6.54 Å². The number of hydrogen-bond donors (Lipinski definition) is 1. The van der Waals surface area contributed by atoms with Crippen molar-refractivity contribution in [2.45, 2.75) is 32.2 Å². The minimum Gasteiger partial charge on any atom is -0.345 e. The van der Waals surface area contributed by atoms with Crippen LogP contribution in [0.3, 0.4) is 0 Å². The highest BCUT2D eigenvalue weighted by atomic mass is 16.1. The average molecular weight is 306 g/mol. The zero-order chi connectivity index (χ0) is 15.6. The zero-order valence-corrected chi connectivity index (χ0v) is 12.8. The molecule has 0 spiro atoms. The van der Waals surface area contributed by atoms with Gasteiger partial charge in [0.2, 0.25) is 0 Å².